The summed E-state index contributed by atoms with van der Waals surface area (Å²) in [5.41, 5.74) is 4.97. The Labute approximate surface area is 360 Å². The maximum atomic E-state index is 13.3. The second-order valence-electron chi connectivity index (χ2n) is 17.2. The van der Waals surface area contributed by atoms with Crippen LogP contribution in [-0.2, 0) is 32.3 Å². The molecule has 0 bridgehead atoms. The minimum absolute atomic E-state index is 0.0240. The van der Waals surface area contributed by atoms with Gasteiger partial charge in [0.05, 0.1) is 18.4 Å². The molecule has 6 heterocycles. The maximum Gasteiger partial charge on any atom is 0.348 e. The Morgan fingerprint density at radius 2 is 1.70 bits per heavy atom. The standard InChI is InChI=1S/C43H54ClN11O6/c1-26(2)55-34-9-6-30(20-28(34)24-54(42(55)60)61-25-37(57)45-5)47-38-33(44)22-46-41(49-38)51-16-18-52(19-17-51)43(3,4)29-12-14-50(15-13-29)31-7-8-32-27(21-31)23-53(40(32)59)35-10-11-36(56)48-39(35)58/h6-9,20-22,26,29,35H,10-19,23-25H2,1-5H3,(H,45,57)(H,46,47,49)(H,48,56,58). The fourth-order valence-corrected chi connectivity index (χ4v) is 9.49. The number of imide groups is 1. The molecule has 3 N–H and O–H groups in total. The van der Waals surface area contributed by atoms with Crippen LogP contribution >= 0.6 is 11.6 Å². The van der Waals surface area contributed by atoms with Gasteiger partial charge in [0.1, 0.15) is 11.1 Å². The van der Waals surface area contributed by atoms with Crippen molar-refractivity contribution in [3.63, 3.8) is 0 Å². The number of hydroxylamine groups is 2. The lowest BCUT2D eigenvalue weighted by molar-refractivity contribution is -0.151. The van der Waals surface area contributed by atoms with Gasteiger partial charge in [-0.2, -0.15) is 10.0 Å². The number of urea groups is 1. The van der Waals surface area contributed by atoms with Crippen LogP contribution in [0.3, 0.4) is 0 Å². The molecule has 5 aliphatic heterocycles. The molecule has 1 unspecified atom stereocenters. The van der Waals surface area contributed by atoms with E-state index in [9.17, 15) is 24.0 Å². The van der Waals surface area contributed by atoms with Gasteiger partial charge in [-0.1, -0.05) is 11.6 Å². The van der Waals surface area contributed by atoms with Crippen molar-refractivity contribution < 1.29 is 28.8 Å². The number of hydrogen-bond donors (Lipinski definition) is 3. The highest BCUT2D eigenvalue weighted by molar-refractivity contribution is 6.33. The quantitative estimate of drug-likeness (QED) is 0.234. The highest BCUT2D eigenvalue weighted by Gasteiger charge is 2.41. The Balaban J connectivity index is 0.862. The summed E-state index contributed by atoms with van der Waals surface area (Å²) in [5, 5.41) is 9.84. The summed E-state index contributed by atoms with van der Waals surface area (Å²) in [6.07, 6.45) is 4.29. The number of nitrogens with zero attached hydrogens (tertiary/aromatic N) is 8. The number of amides is 6. The number of carbonyl (C=O) groups is 5. The zero-order valence-corrected chi connectivity index (χ0v) is 36.1. The number of benzene rings is 2. The second kappa shape index (κ2) is 17.1. The number of likely N-dealkylation sites (N-methyl/N-ethyl adjacent to an activating group) is 1. The van der Waals surface area contributed by atoms with E-state index < -0.39 is 11.9 Å². The van der Waals surface area contributed by atoms with Gasteiger partial charge in [0, 0.05) is 93.4 Å². The molecule has 5 aliphatic rings. The average molecular weight is 856 g/mol. The van der Waals surface area contributed by atoms with Gasteiger partial charge in [-0.05, 0) is 94.8 Å². The van der Waals surface area contributed by atoms with E-state index in [4.69, 9.17) is 21.4 Å². The zero-order valence-electron chi connectivity index (χ0n) is 35.4. The van der Waals surface area contributed by atoms with E-state index in [2.05, 4.69) is 55.5 Å². The number of rotatable bonds is 11. The van der Waals surface area contributed by atoms with Crippen LogP contribution in [0.5, 0.6) is 0 Å². The highest BCUT2D eigenvalue weighted by Crippen LogP contribution is 2.38. The lowest BCUT2D eigenvalue weighted by Gasteiger charge is -2.50. The minimum atomic E-state index is -0.620. The van der Waals surface area contributed by atoms with Crippen molar-refractivity contribution in [2.75, 3.05) is 72.9 Å². The molecular formula is C43H54ClN11O6. The minimum Gasteiger partial charge on any atom is -0.372 e. The first kappa shape index (κ1) is 42.2. The molecule has 61 heavy (non-hydrogen) atoms. The summed E-state index contributed by atoms with van der Waals surface area (Å²) < 4.78 is 0. The molecule has 0 aliphatic carbocycles. The van der Waals surface area contributed by atoms with Crippen LogP contribution in [-0.4, -0.2) is 125 Å². The van der Waals surface area contributed by atoms with Gasteiger partial charge >= 0.3 is 6.03 Å². The Hall–Kier alpha value is -5.52. The van der Waals surface area contributed by atoms with Crippen LogP contribution in [0.15, 0.2) is 42.6 Å². The third-order valence-corrected chi connectivity index (χ3v) is 13.2. The van der Waals surface area contributed by atoms with E-state index in [1.54, 1.807) is 16.0 Å². The van der Waals surface area contributed by atoms with E-state index in [1.807, 2.05) is 44.2 Å². The summed E-state index contributed by atoms with van der Waals surface area (Å²) in [7, 11) is 1.52. The molecule has 0 saturated carbocycles. The normalized spacial score (nSPS) is 20.3. The maximum absolute atomic E-state index is 13.3. The van der Waals surface area contributed by atoms with Crippen molar-refractivity contribution in [3.05, 3.63) is 64.3 Å². The fourth-order valence-electron chi connectivity index (χ4n) is 9.36. The van der Waals surface area contributed by atoms with Crippen LogP contribution in [0.25, 0.3) is 0 Å². The second-order valence-corrected chi connectivity index (χ2v) is 17.6. The molecule has 2 aromatic carbocycles. The number of aromatic nitrogens is 2. The van der Waals surface area contributed by atoms with E-state index in [0.717, 1.165) is 80.3 Å². The zero-order chi connectivity index (χ0) is 43.2. The molecular weight excluding hydrogens is 802 g/mol. The first-order valence-electron chi connectivity index (χ1n) is 21.1. The Bertz CT molecular complexity index is 2220. The van der Waals surface area contributed by atoms with Crippen LogP contribution < -0.4 is 30.7 Å². The number of piperazine rings is 1. The molecule has 1 aromatic heterocycles. The van der Waals surface area contributed by atoms with Crippen molar-refractivity contribution in [1.82, 2.24) is 35.5 Å². The number of nitrogens with one attached hydrogen (secondary N) is 3. The third kappa shape index (κ3) is 8.42. The van der Waals surface area contributed by atoms with E-state index in [1.165, 1.54) is 12.1 Å². The van der Waals surface area contributed by atoms with Crippen molar-refractivity contribution in [2.45, 2.75) is 84.1 Å². The first-order valence-corrected chi connectivity index (χ1v) is 21.5. The van der Waals surface area contributed by atoms with Crippen molar-refractivity contribution in [2.24, 2.45) is 5.92 Å². The molecule has 8 rings (SSSR count). The largest absolute Gasteiger partial charge is 0.372 e. The summed E-state index contributed by atoms with van der Waals surface area (Å²) in [6, 6.07) is 10.6. The molecule has 18 heteroatoms. The molecule has 6 amide bonds. The Kier molecular flexibility index (Phi) is 11.8. The predicted octanol–water partition coefficient (Wildman–Crippen LogP) is 4.28. The monoisotopic (exact) mass is 855 g/mol. The lowest BCUT2D eigenvalue weighted by Crippen LogP contribution is -2.59. The number of fused-ring (bicyclic) bond motifs is 2. The lowest BCUT2D eigenvalue weighted by atomic mass is 9.78. The third-order valence-electron chi connectivity index (χ3n) is 13.0. The number of piperidine rings is 2. The smallest absolute Gasteiger partial charge is 0.348 e. The SMILES string of the molecule is CNC(=O)CON1Cc2cc(Nc3nc(N4CCN(C(C)(C)C5CCN(c6ccc7c(c6)CN(C6CCC(=O)NC6=O)C7=O)CC5)CC4)ncc3Cl)ccc2N(C(C)C)C1=O. The van der Waals surface area contributed by atoms with Gasteiger partial charge in [-0.15, -0.1) is 0 Å². The fraction of sp³-hybridized carbons (Fsp3) is 0.512. The predicted molar refractivity (Wildman–Crippen MR) is 231 cm³/mol. The van der Waals surface area contributed by atoms with E-state index in [0.29, 0.717) is 41.2 Å². The number of carbonyl (C=O) groups excluding carboxylic acids is 5. The van der Waals surface area contributed by atoms with Crippen LogP contribution in [0.1, 0.15) is 74.9 Å². The van der Waals surface area contributed by atoms with Crippen LogP contribution in [0.4, 0.5) is 33.6 Å². The van der Waals surface area contributed by atoms with Crippen molar-refractivity contribution in [1.29, 1.82) is 0 Å². The van der Waals surface area contributed by atoms with Gasteiger partial charge in [0.25, 0.3) is 5.91 Å². The molecule has 0 spiro atoms. The van der Waals surface area contributed by atoms with Gasteiger partial charge in [-0.3, -0.25) is 39.1 Å². The molecule has 1 atom stereocenters. The molecule has 3 saturated heterocycles. The van der Waals surface area contributed by atoms with Gasteiger partial charge in [0.2, 0.25) is 23.7 Å². The first-order chi connectivity index (χ1) is 29.2. The van der Waals surface area contributed by atoms with E-state index >= 15 is 0 Å². The molecule has 3 aromatic rings. The Morgan fingerprint density at radius 3 is 2.41 bits per heavy atom. The van der Waals surface area contributed by atoms with Crippen molar-refractivity contribution >= 4 is 70.1 Å². The van der Waals surface area contributed by atoms with E-state index in [-0.39, 0.29) is 54.9 Å². The summed E-state index contributed by atoms with van der Waals surface area (Å²) in [5.74, 6) is 0.395. The molecule has 324 valence electrons. The highest BCUT2D eigenvalue weighted by atomic mass is 35.5. The summed E-state index contributed by atoms with van der Waals surface area (Å²) in [6.45, 7) is 13.9. The van der Waals surface area contributed by atoms with Crippen LogP contribution in [0, 0.1) is 5.92 Å². The number of halogens is 1. The Morgan fingerprint density at radius 1 is 0.951 bits per heavy atom. The van der Waals surface area contributed by atoms with Gasteiger partial charge < -0.3 is 25.3 Å². The summed E-state index contributed by atoms with van der Waals surface area (Å²) >= 11 is 6.64. The number of anilines is 5. The van der Waals surface area contributed by atoms with Crippen LogP contribution in [0.2, 0.25) is 5.02 Å². The molecule has 3 fully saturated rings. The molecule has 0 radical (unpaired) electrons. The van der Waals surface area contributed by atoms with Gasteiger partial charge in [-0.25, -0.2) is 9.78 Å². The average Bonchev–Trinajstić information content (AvgIpc) is 3.58. The van der Waals surface area contributed by atoms with Gasteiger partial charge in [0.15, 0.2) is 12.4 Å². The van der Waals surface area contributed by atoms with Crippen molar-refractivity contribution in [3.8, 4) is 0 Å². The summed E-state index contributed by atoms with van der Waals surface area (Å²) in [4.78, 5) is 88.0. The number of hydrogen-bond acceptors (Lipinski definition) is 12. The topological polar surface area (TPSA) is 176 Å². The molecule has 17 nitrogen and oxygen atoms in total.